The number of amides is 1. The van der Waals surface area contributed by atoms with Crippen LogP contribution in [0.1, 0.15) is 55.1 Å². The second-order valence-corrected chi connectivity index (χ2v) is 10.2. The monoisotopic (exact) mass is 548 g/mol. The van der Waals surface area contributed by atoms with Gasteiger partial charge in [-0.1, -0.05) is 55.3 Å². The molecule has 2 fully saturated rings. The Balaban J connectivity index is 1.04. The summed E-state index contributed by atoms with van der Waals surface area (Å²) in [6, 6.07) is 21.0. The fourth-order valence-corrected chi connectivity index (χ4v) is 5.35. The Hall–Kier alpha value is -4.34. The summed E-state index contributed by atoms with van der Waals surface area (Å²) in [5.74, 6) is 1.48. The summed E-state index contributed by atoms with van der Waals surface area (Å²) in [7, 11) is 0. The molecule has 0 aliphatic heterocycles. The molecule has 2 atom stereocenters. The van der Waals surface area contributed by atoms with Gasteiger partial charge in [0.1, 0.15) is 17.8 Å². The van der Waals surface area contributed by atoms with E-state index in [1.54, 1.807) is 0 Å². The third-order valence-corrected chi connectivity index (χ3v) is 7.43. The van der Waals surface area contributed by atoms with E-state index in [4.69, 9.17) is 4.74 Å². The SMILES string of the molecule is O=C(NC1CC1c1ccc(-c2ncn(-c3ccc(OC(F)(F)F)cc3)n2)cc1)Oc1ccccc1C1CCCC1. The summed E-state index contributed by atoms with van der Waals surface area (Å²) in [6.45, 7) is 0. The molecule has 0 saturated heterocycles. The Morgan fingerprint density at radius 1 is 0.950 bits per heavy atom. The zero-order valence-corrected chi connectivity index (χ0v) is 21.5. The van der Waals surface area contributed by atoms with Crippen LogP contribution in [0.25, 0.3) is 17.1 Å². The Kier molecular flexibility index (Phi) is 6.91. The van der Waals surface area contributed by atoms with Crippen LogP contribution >= 0.6 is 0 Å². The molecule has 0 spiro atoms. The fraction of sp³-hybridized carbons (Fsp3) is 0.300. The van der Waals surface area contributed by atoms with Crippen LogP contribution in [0.2, 0.25) is 0 Å². The van der Waals surface area contributed by atoms with Crippen LogP contribution in [0, 0.1) is 0 Å². The number of hydrogen-bond donors (Lipinski definition) is 1. The summed E-state index contributed by atoms with van der Waals surface area (Å²) in [4.78, 5) is 17.0. The van der Waals surface area contributed by atoms with Crippen LogP contribution in [0.3, 0.4) is 0 Å². The van der Waals surface area contributed by atoms with Crippen molar-refractivity contribution in [3.05, 3.63) is 90.3 Å². The number of carbonyl (C=O) groups is 1. The van der Waals surface area contributed by atoms with Crippen molar-refractivity contribution in [1.29, 1.82) is 0 Å². The van der Waals surface area contributed by atoms with Gasteiger partial charge in [0.25, 0.3) is 0 Å². The lowest BCUT2D eigenvalue weighted by Crippen LogP contribution is -2.30. The van der Waals surface area contributed by atoms with Gasteiger partial charge in [-0.3, -0.25) is 0 Å². The molecule has 4 aromatic rings. The van der Waals surface area contributed by atoms with Gasteiger partial charge in [-0.25, -0.2) is 14.5 Å². The van der Waals surface area contributed by atoms with Crippen LogP contribution in [0.5, 0.6) is 11.5 Å². The Morgan fingerprint density at radius 2 is 1.68 bits per heavy atom. The van der Waals surface area contributed by atoms with Crippen molar-refractivity contribution >= 4 is 6.09 Å². The minimum absolute atomic E-state index is 0.0126. The molecule has 2 unspecified atom stereocenters. The molecule has 7 nitrogen and oxygen atoms in total. The second kappa shape index (κ2) is 10.7. The average molecular weight is 549 g/mol. The number of nitrogens with one attached hydrogen (secondary N) is 1. The number of aromatic nitrogens is 3. The highest BCUT2D eigenvalue weighted by atomic mass is 19.4. The maximum Gasteiger partial charge on any atom is 0.573 e. The molecule has 0 bridgehead atoms. The van der Waals surface area contributed by atoms with E-state index in [9.17, 15) is 18.0 Å². The van der Waals surface area contributed by atoms with Gasteiger partial charge in [0.15, 0.2) is 5.82 Å². The molecular formula is C30H27F3N4O3. The molecule has 1 heterocycles. The first kappa shape index (κ1) is 25.9. The predicted molar refractivity (Wildman–Crippen MR) is 141 cm³/mol. The molecule has 2 aliphatic carbocycles. The Morgan fingerprint density at radius 3 is 2.40 bits per heavy atom. The molecule has 3 aromatic carbocycles. The predicted octanol–water partition coefficient (Wildman–Crippen LogP) is 7.14. The van der Waals surface area contributed by atoms with E-state index in [0.29, 0.717) is 23.2 Å². The third kappa shape index (κ3) is 5.95. The maximum atomic E-state index is 12.6. The van der Waals surface area contributed by atoms with Crippen molar-refractivity contribution in [1.82, 2.24) is 20.1 Å². The van der Waals surface area contributed by atoms with E-state index in [1.807, 2.05) is 42.5 Å². The van der Waals surface area contributed by atoms with E-state index >= 15 is 0 Å². The van der Waals surface area contributed by atoms with E-state index in [2.05, 4.69) is 26.2 Å². The molecule has 2 saturated carbocycles. The third-order valence-electron chi connectivity index (χ3n) is 7.43. The number of para-hydroxylation sites is 1. The summed E-state index contributed by atoms with van der Waals surface area (Å²) in [5, 5.41) is 7.44. The molecule has 40 heavy (non-hydrogen) atoms. The molecule has 1 amide bonds. The molecule has 2 aliphatic rings. The van der Waals surface area contributed by atoms with E-state index in [-0.39, 0.29) is 17.7 Å². The highest BCUT2D eigenvalue weighted by Crippen LogP contribution is 2.42. The van der Waals surface area contributed by atoms with E-state index < -0.39 is 12.5 Å². The molecule has 0 radical (unpaired) electrons. The van der Waals surface area contributed by atoms with Crippen LogP contribution < -0.4 is 14.8 Å². The summed E-state index contributed by atoms with van der Waals surface area (Å²) in [6.07, 6.45) is 1.85. The number of hydrogen-bond acceptors (Lipinski definition) is 5. The smallest absolute Gasteiger partial charge is 0.410 e. The minimum atomic E-state index is -4.74. The molecule has 1 N–H and O–H groups in total. The molecule has 206 valence electrons. The largest absolute Gasteiger partial charge is 0.573 e. The number of alkyl halides is 3. The van der Waals surface area contributed by atoms with Crippen LogP contribution in [-0.2, 0) is 0 Å². The van der Waals surface area contributed by atoms with E-state index in [1.165, 1.54) is 48.1 Å². The number of rotatable bonds is 7. The van der Waals surface area contributed by atoms with Gasteiger partial charge in [0.2, 0.25) is 0 Å². The molecule has 10 heteroatoms. The molecule has 6 rings (SSSR count). The van der Waals surface area contributed by atoms with Gasteiger partial charge in [-0.05, 0) is 66.6 Å². The van der Waals surface area contributed by atoms with Crippen molar-refractivity contribution in [3.8, 4) is 28.6 Å². The van der Waals surface area contributed by atoms with Gasteiger partial charge in [0.05, 0.1) is 5.69 Å². The van der Waals surface area contributed by atoms with Crippen molar-refractivity contribution in [3.63, 3.8) is 0 Å². The van der Waals surface area contributed by atoms with Gasteiger partial charge < -0.3 is 14.8 Å². The topological polar surface area (TPSA) is 78.3 Å². The number of carbonyl (C=O) groups excluding carboxylic acids is 1. The zero-order chi connectivity index (χ0) is 27.7. The van der Waals surface area contributed by atoms with Crippen LogP contribution in [0.15, 0.2) is 79.1 Å². The zero-order valence-electron chi connectivity index (χ0n) is 21.5. The lowest BCUT2D eigenvalue weighted by Gasteiger charge is -2.15. The normalized spacial score (nSPS) is 18.9. The highest BCUT2D eigenvalue weighted by Gasteiger charge is 2.40. The first-order valence-corrected chi connectivity index (χ1v) is 13.3. The minimum Gasteiger partial charge on any atom is -0.410 e. The van der Waals surface area contributed by atoms with Crippen LogP contribution in [0.4, 0.5) is 18.0 Å². The van der Waals surface area contributed by atoms with Gasteiger partial charge in [0, 0.05) is 17.5 Å². The van der Waals surface area contributed by atoms with Crippen molar-refractivity contribution in [2.24, 2.45) is 0 Å². The van der Waals surface area contributed by atoms with Crippen molar-refractivity contribution < 1.29 is 27.4 Å². The first-order valence-electron chi connectivity index (χ1n) is 13.3. The van der Waals surface area contributed by atoms with E-state index in [0.717, 1.165) is 36.0 Å². The van der Waals surface area contributed by atoms with Crippen LogP contribution in [-0.4, -0.2) is 33.3 Å². The summed E-state index contributed by atoms with van der Waals surface area (Å²) >= 11 is 0. The number of benzene rings is 3. The Bertz CT molecular complexity index is 1480. The number of ether oxygens (including phenoxy) is 2. The summed E-state index contributed by atoms with van der Waals surface area (Å²) in [5.41, 5.74) is 3.56. The maximum absolute atomic E-state index is 12.6. The fourth-order valence-electron chi connectivity index (χ4n) is 5.35. The van der Waals surface area contributed by atoms with Gasteiger partial charge in [-0.2, -0.15) is 0 Å². The summed E-state index contributed by atoms with van der Waals surface area (Å²) < 4.78 is 48.3. The number of nitrogens with zero attached hydrogens (tertiary/aromatic N) is 3. The molecular weight excluding hydrogens is 521 g/mol. The quantitative estimate of drug-likeness (QED) is 0.266. The van der Waals surface area contributed by atoms with Gasteiger partial charge in [-0.15, -0.1) is 18.3 Å². The lowest BCUT2D eigenvalue weighted by molar-refractivity contribution is -0.274. The van der Waals surface area contributed by atoms with Gasteiger partial charge >= 0.3 is 12.5 Å². The lowest BCUT2D eigenvalue weighted by atomic mass is 9.97. The second-order valence-electron chi connectivity index (χ2n) is 10.2. The van der Waals surface area contributed by atoms with Crippen molar-refractivity contribution in [2.75, 3.05) is 0 Å². The Labute approximate surface area is 229 Å². The van der Waals surface area contributed by atoms with Crippen molar-refractivity contribution in [2.45, 2.75) is 56.3 Å². The standard InChI is InChI=1S/C30H27F3N4O3/c31-30(32,33)40-23-15-13-22(14-16-23)37-18-34-28(36-37)21-11-9-20(10-12-21)25-17-26(25)35-29(38)39-27-8-4-3-7-24(27)19-5-1-2-6-19/h3-4,7-16,18-19,25-26H,1-2,5-6,17H2,(H,35,38). The number of halogens is 3. The highest BCUT2D eigenvalue weighted by molar-refractivity contribution is 5.72. The average Bonchev–Trinajstić information content (AvgIpc) is 3.31. The first-order chi connectivity index (χ1) is 19.3. The molecule has 1 aromatic heterocycles.